The third kappa shape index (κ3) is 3.23. The van der Waals surface area contributed by atoms with E-state index in [0.717, 1.165) is 18.4 Å². The average molecular weight is 356 g/mol. The number of amides is 2. The molecule has 0 spiro atoms. The Kier molecular flexibility index (Phi) is 5.11. The van der Waals surface area contributed by atoms with E-state index in [0.29, 0.717) is 24.1 Å². The van der Waals surface area contributed by atoms with Crippen molar-refractivity contribution in [2.45, 2.75) is 44.6 Å². The van der Waals surface area contributed by atoms with Crippen molar-refractivity contribution in [2.75, 3.05) is 13.2 Å². The average Bonchev–Trinajstić information content (AvgIpc) is 3.19. The number of rotatable bonds is 6. The zero-order valence-electron chi connectivity index (χ0n) is 15.0. The number of esters is 1. The highest BCUT2D eigenvalue weighted by atomic mass is 16.5. The Morgan fingerprint density at radius 2 is 1.88 bits per heavy atom. The van der Waals surface area contributed by atoms with Gasteiger partial charge in [-0.1, -0.05) is 37.6 Å². The van der Waals surface area contributed by atoms with Crippen molar-refractivity contribution in [3.63, 3.8) is 0 Å². The second-order valence-corrected chi connectivity index (χ2v) is 6.76. The Morgan fingerprint density at radius 1 is 1.23 bits per heavy atom. The van der Waals surface area contributed by atoms with Gasteiger partial charge in [0.1, 0.15) is 5.54 Å². The van der Waals surface area contributed by atoms with Gasteiger partial charge in [0.05, 0.1) is 6.61 Å². The molecule has 1 aliphatic carbocycles. The summed E-state index contributed by atoms with van der Waals surface area (Å²) in [5.74, 6) is -0.754. The largest absolute Gasteiger partial charge is 0.464 e. The molecule has 138 valence electrons. The fourth-order valence-corrected chi connectivity index (χ4v) is 3.74. The molecular weight excluding hydrogens is 332 g/mol. The number of carbonyl (C=O) groups excluding carboxylic acids is 3. The first kappa shape index (κ1) is 18.2. The summed E-state index contributed by atoms with van der Waals surface area (Å²) >= 11 is 0. The summed E-state index contributed by atoms with van der Waals surface area (Å²) in [6, 6.07) is 7.28. The molecule has 0 saturated heterocycles. The van der Waals surface area contributed by atoms with Crippen LogP contribution < -0.4 is 5.32 Å². The van der Waals surface area contributed by atoms with Crippen molar-refractivity contribution in [3.05, 3.63) is 42.0 Å². The minimum Gasteiger partial charge on any atom is -0.464 e. The molecule has 1 fully saturated rings. The van der Waals surface area contributed by atoms with Crippen LogP contribution in [0.15, 0.2) is 30.8 Å². The highest BCUT2D eigenvalue weighted by Gasteiger charge is 2.43. The molecule has 3 rings (SSSR count). The summed E-state index contributed by atoms with van der Waals surface area (Å²) in [7, 11) is 0. The maximum Gasteiger partial charge on any atom is 0.331 e. The molecule has 1 aliphatic heterocycles. The van der Waals surface area contributed by atoms with Gasteiger partial charge in [0.25, 0.3) is 5.91 Å². The van der Waals surface area contributed by atoms with Gasteiger partial charge < -0.3 is 15.0 Å². The number of fused-ring (bicyclic) bond motifs is 1. The molecule has 2 amide bonds. The van der Waals surface area contributed by atoms with E-state index in [1.54, 1.807) is 13.0 Å². The van der Waals surface area contributed by atoms with E-state index in [9.17, 15) is 14.4 Å². The van der Waals surface area contributed by atoms with Crippen LogP contribution in [-0.2, 0) is 14.3 Å². The Hall–Kier alpha value is -2.63. The third-order valence-electron chi connectivity index (χ3n) is 5.10. The highest BCUT2D eigenvalue weighted by Crippen LogP contribution is 2.32. The molecule has 1 aromatic carbocycles. The van der Waals surface area contributed by atoms with E-state index in [2.05, 4.69) is 11.9 Å². The maximum atomic E-state index is 12.5. The second kappa shape index (κ2) is 7.32. The van der Waals surface area contributed by atoms with Crippen LogP contribution in [0.5, 0.6) is 0 Å². The lowest BCUT2D eigenvalue weighted by atomic mass is 9.97. The number of benzene rings is 1. The molecule has 0 bridgehead atoms. The van der Waals surface area contributed by atoms with Gasteiger partial charge in [-0.3, -0.25) is 9.59 Å². The lowest BCUT2D eigenvalue weighted by Gasteiger charge is -2.28. The monoisotopic (exact) mass is 356 g/mol. The molecule has 0 atom stereocenters. The van der Waals surface area contributed by atoms with Crippen LogP contribution in [0.2, 0.25) is 0 Å². The Bertz CT molecular complexity index is 715. The summed E-state index contributed by atoms with van der Waals surface area (Å²) in [6.07, 6.45) is 3.07. The fraction of sp³-hybridized carbons (Fsp3) is 0.450. The van der Waals surface area contributed by atoms with Crippen LogP contribution in [0.25, 0.3) is 5.70 Å². The predicted molar refractivity (Wildman–Crippen MR) is 97.1 cm³/mol. The molecular formula is C20H24N2O4. The molecule has 1 N–H and O–H groups in total. The van der Waals surface area contributed by atoms with E-state index in [1.807, 2.05) is 18.2 Å². The number of ether oxygens (including phenoxy) is 1. The molecule has 0 unspecified atom stereocenters. The van der Waals surface area contributed by atoms with Gasteiger partial charge in [0.15, 0.2) is 0 Å². The van der Waals surface area contributed by atoms with Crippen LogP contribution in [0.1, 0.15) is 54.9 Å². The number of hydrogen-bond acceptors (Lipinski definition) is 4. The molecule has 6 heteroatoms. The first-order valence-corrected chi connectivity index (χ1v) is 9.07. The lowest BCUT2D eigenvalue weighted by molar-refractivity contribution is -0.153. The first-order valence-electron chi connectivity index (χ1n) is 9.07. The van der Waals surface area contributed by atoms with Crippen molar-refractivity contribution in [1.29, 1.82) is 0 Å². The third-order valence-corrected chi connectivity index (χ3v) is 5.10. The van der Waals surface area contributed by atoms with Crippen molar-refractivity contribution >= 4 is 23.5 Å². The van der Waals surface area contributed by atoms with Gasteiger partial charge >= 0.3 is 5.97 Å². The van der Waals surface area contributed by atoms with E-state index < -0.39 is 5.54 Å². The zero-order valence-corrected chi connectivity index (χ0v) is 15.0. The van der Waals surface area contributed by atoms with Gasteiger partial charge in [-0.2, -0.15) is 0 Å². The number of nitrogens with zero attached hydrogens (tertiary/aromatic N) is 1. The van der Waals surface area contributed by atoms with E-state index >= 15 is 0 Å². The molecule has 0 aromatic heterocycles. The minimum atomic E-state index is -0.915. The Morgan fingerprint density at radius 3 is 2.50 bits per heavy atom. The summed E-state index contributed by atoms with van der Waals surface area (Å²) < 4.78 is 5.15. The predicted octanol–water partition coefficient (Wildman–Crippen LogP) is 2.50. The van der Waals surface area contributed by atoms with Gasteiger partial charge in [-0.25, -0.2) is 4.79 Å². The highest BCUT2D eigenvalue weighted by molar-refractivity contribution is 6.08. The van der Waals surface area contributed by atoms with Gasteiger partial charge in [0.2, 0.25) is 5.91 Å². The smallest absolute Gasteiger partial charge is 0.331 e. The van der Waals surface area contributed by atoms with Crippen molar-refractivity contribution in [2.24, 2.45) is 0 Å². The molecule has 2 aliphatic rings. The topological polar surface area (TPSA) is 75.7 Å². The van der Waals surface area contributed by atoms with Crippen LogP contribution in [0, 0.1) is 0 Å². The van der Waals surface area contributed by atoms with Crippen molar-refractivity contribution in [3.8, 4) is 0 Å². The van der Waals surface area contributed by atoms with Crippen LogP contribution in [0.3, 0.4) is 0 Å². The van der Waals surface area contributed by atoms with Gasteiger partial charge in [-0.15, -0.1) is 0 Å². The summed E-state index contributed by atoms with van der Waals surface area (Å²) in [4.78, 5) is 38.8. The molecule has 1 aromatic rings. The summed E-state index contributed by atoms with van der Waals surface area (Å²) in [6.45, 7) is 6.25. The number of carbonyl (C=O) groups is 3. The molecule has 1 saturated carbocycles. The van der Waals surface area contributed by atoms with Crippen molar-refractivity contribution < 1.29 is 19.1 Å². The molecule has 0 radical (unpaired) electrons. The lowest BCUT2D eigenvalue weighted by Crippen LogP contribution is -2.53. The van der Waals surface area contributed by atoms with E-state index in [4.69, 9.17) is 4.74 Å². The van der Waals surface area contributed by atoms with E-state index in [1.165, 1.54) is 4.90 Å². The van der Waals surface area contributed by atoms with E-state index in [-0.39, 0.29) is 37.4 Å². The number of nitrogens with one attached hydrogen (secondary N) is 1. The normalized spacial score (nSPS) is 18.0. The summed E-state index contributed by atoms with van der Waals surface area (Å²) in [5.41, 5.74) is 1.11. The Balaban J connectivity index is 1.62. The zero-order chi connectivity index (χ0) is 18.7. The standard InChI is InChI=1S/C20H24N2O4/c1-3-26-19(25)20(11-6-7-12-20)21-17(23)10-13-22-14(2)15-8-4-5-9-16(15)18(22)24/h4-5,8-9H,2-3,6-7,10-13H2,1H3,(H,21,23). The molecule has 26 heavy (non-hydrogen) atoms. The maximum absolute atomic E-state index is 12.5. The summed E-state index contributed by atoms with van der Waals surface area (Å²) in [5, 5.41) is 2.87. The first-order chi connectivity index (χ1) is 12.5. The van der Waals surface area contributed by atoms with Gasteiger partial charge in [-0.05, 0) is 25.8 Å². The van der Waals surface area contributed by atoms with Gasteiger partial charge in [0, 0.05) is 29.8 Å². The second-order valence-electron chi connectivity index (χ2n) is 6.76. The quantitative estimate of drug-likeness (QED) is 0.795. The van der Waals surface area contributed by atoms with Crippen LogP contribution in [0.4, 0.5) is 0 Å². The minimum absolute atomic E-state index is 0.111. The number of hydrogen-bond donors (Lipinski definition) is 1. The molecule has 1 heterocycles. The Labute approximate surface area is 153 Å². The van der Waals surface area contributed by atoms with Crippen molar-refractivity contribution in [1.82, 2.24) is 10.2 Å². The van der Waals surface area contributed by atoms with Crippen LogP contribution in [-0.4, -0.2) is 41.4 Å². The fourth-order valence-electron chi connectivity index (χ4n) is 3.74. The van der Waals surface area contributed by atoms with Crippen LogP contribution >= 0.6 is 0 Å². The molecule has 6 nitrogen and oxygen atoms in total. The SMILES string of the molecule is C=C1c2ccccc2C(=O)N1CCC(=O)NC1(C(=O)OCC)CCCC1.